The maximum atomic E-state index is 13.1. The fraction of sp³-hybridized carbons (Fsp3) is 0.333. The number of carbonyl (C=O) groups excluding carboxylic acids is 2. The molecule has 0 atom stereocenters. The van der Waals surface area contributed by atoms with E-state index in [0.29, 0.717) is 24.0 Å². The van der Waals surface area contributed by atoms with E-state index in [4.69, 9.17) is 0 Å². The van der Waals surface area contributed by atoms with Crippen molar-refractivity contribution in [2.75, 3.05) is 13.1 Å². The van der Waals surface area contributed by atoms with Crippen LogP contribution in [0.1, 0.15) is 47.4 Å². The number of nitrogens with one attached hydrogen (secondary N) is 1. The molecule has 1 saturated carbocycles. The first kappa shape index (κ1) is 23.3. The zero-order valence-electron chi connectivity index (χ0n) is 17.2. The van der Waals surface area contributed by atoms with E-state index in [-0.39, 0.29) is 40.5 Å². The molecule has 1 aliphatic carbocycles. The van der Waals surface area contributed by atoms with Gasteiger partial charge in [0, 0.05) is 30.3 Å². The second-order valence-electron chi connectivity index (χ2n) is 7.41. The summed E-state index contributed by atoms with van der Waals surface area (Å²) in [4.78, 5) is 22.8. The largest absolute Gasteiger partial charge is 0.295 e. The van der Waals surface area contributed by atoms with Crippen molar-refractivity contribution >= 4 is 31.6 Å². The van der Waals surface area contributed by atoms with Crippen LogP contribution in [0.4, 0.5) is 0 Å². The van der Waals surface area contributed by atoms with E-state index in [1.807, 2.05) is 0 Å². The van der Waals surface area contributed by atoms with Crippen LogP contribution in [0, 0.1) is 0 Å². The van der Waals surface area contributed by atoms with Crippen LogP contribution in [0.2, 0.25) is 0 Å². The molecule has 0 unspecified atom stereocenters. The third-order valence-electron chi connectivity index (χ3n) is 5.02. The van der Waals surface area contributed by atoms with Gasteiger partial charge >= 0.3 is 0 Å². The van der Waals surface area contributed by atoms with E-state index in [0.717, 1.165) is 0 Å². The molecular formula is C21H24N2O6S2. The topological polar surface area (TPSA) is 118 Å². The zero-order valence-corrected chi connectivity index (χ0v) is 18.9. The Kier molecular flexibility index (Phi) is 6.75. The number of rotatable bonds is 10. The minimum Gasteiger partial charge on any atom is -0.295 e. The van der Waals surface area contributed by atoms with E-state index >= 15 is 0 Å². The minimum atomic E-state index is -3.85. The Hall–Kier alpha value is -2.40. The number of carbonyl (C=O) groups is 2. The van der Waals surface area contributed by atoms with Gasteiger partial charge in [0.1, 0.15) is 0 Å². The highest BCUT2D eigenvalue weighted by atomic mass is 32.2. The first-order valence-corrected chi connectivity index (χ1v) is 12.7. The van der Waals surface area contributed by atoms with Gasteiger partial charge in [0.25, 0.3) is 0 Å². The predicted octanol–water partition coefficient (Wildman–Crippen LogP) is 2.22. The fourth-order valence-electron chi connectivity index (χ4n) is 3.10. The molecule has 0 amide bonds. The summed E-state index contributed by atoms with van der Waals surface area (Å²) in [5.41, 5.74) is 0.821. The molecule has 0 heterocycles. The van der Waals surface area contributed by atoms with Crippen LogP contribution in [0.25, 0.3) is 0 Å². The monoisotopic (exact) mass is 464 g/mol. The summed E-state index contributed by atoms with van der Waals surface area (Å²) in [5, 5.41) is 0. The van der Waals surface area contributed by atoms with Gasteiger partial charge in [-0.3, -0.25) is 9.59 Å². The summed E-state index contributed by atoms with van der Waals surface area (Å²) in [7, 11) is -7.68. The Morgan fingerprint density at radius 2 is 1.29 bits per heavy atom. The molecule has 1 aliphatic rings. The Bertz CT molecular complexity index is 1180. The maximum Gasteiger partial charge on any atom is 0.243 e. The number of ketones is 2. The first-order valence-electron chi connectivity index (χ1n) is 9.76. The van der Waals surface area contributed by atoms with Crippen LogP contribution >= 0.6 is 0 Å². The molecule has 1 N–H and O–H groups in total. The standard InChI is InChI=1S/C21H24N2O6S2/c1-15(24)17-3-9-20(10-4-17)30(26,27)22-13-14-23(19-7-8-19)31(28,29)21-11-5-18(6-12-21)16(2)25/h3-6,9-12,19,22H,7-8,13-14H2,1-2H3. The van der Waals surface area contributed by atoms with Crippen molar-refractivity contribution in [3.63, 3.8) is 0 Å². The Labute approximate surface area is 182 Å². The average Bonchev–Trinajstić information content (AvgIpc) is 3.56. The molecule has 0 aromatic heterocycles. The molecule has 0 aliphatic heterocycles. The normalized spacial score (nSPS) is 14.5. The Morgan fingerprint density at radius 3 is 1.71 bits per heavy atom. The summed E-state index contributed by atoms with van der Waals surface area (Å²) < 4.78 is 54.8. The molecule has 3 rings (SSSR count). The number of hydrogen-bond acceptors (Lipinski definition) is 6. The molecule has 10 heteroatoms. The number of sulfonamides is 2. The highest BCUT2D eigenvalue weighted by molar-refractivity contribution is 7.89. The second kappa shape index (κ2) is 8.99. The summed E-state index contributed by atoms with van der Waals surface area (Å²) in [6.45, 7) is 2.67. The molecule has 0 spiro atoms. The summed E-state index contributed by atoms with van der Waals surface area (Å²) in [6, 6.07) is 11.1. The number of benzene rings is 2. The van der Waals surface area contributed by atoms with Gasteiger partial charge in [0.15, 0.2) is 11.6 Å². The molecule has 0 radical (unpaired) electrons. The third-order valence-corrected chi connectivity index (χ3v) is 8.46. The quantitative estimate of drug-likeness (QED) is 0.539. The minimum absolute atomic E-state index is 0.00171. The highest BCUT2D eigenvalue weighted by Crippen LogP contribution is 2.31. The van der Waals surface area contributed by atoms with Gasteiger partial charge in [-0.05, 0) is 51.0 Å². The lowest BCUT2D eigenvalue weighted by molar-refractivity contribution is 0.100. The second-order valence-corrected chi connectivity index (χ2v) is 11.1. The van der Waals surface area contributed by atoms with Crippen molar-refractivity contribution in [2.24, 2.45) is 0 Å². The van der Waals surface area contributed by atoms with Crippen LogP contribution in [0.15, 0.2) is 58.3 Å². The Balaban J connectivity index is 1.70. The number of Topliss-reactive ketones (excluding diaryl/α,β-unsaturated/α-hetero) is 2. The van der Waals surface area contributed by atoms with Crippen molar-refractivity contribution in [1.29, 1.82) is 0 Å². The van der Waals surface area contributed by atoms with Gasteiger partial charge in [0.2, 0.25) is 20.0 Å². The van der Waals surface area contributed by atoms with Gasteiger partial charge in [-0.2, -0.15) is 4.31 Å². The van der Waals surface area contributed by atoms with Crippen molar-refractivity contribution in [3.8, 4) is 0 Å². The number of nitrogens with zero attached hydrogens (tertiary/aromatic N) is 1. The van der Waals surface area contributed by atoms with Gasteiger partial charge in [-0.15, -0.1) is 0 Å². The van der Waals surface area contributed by atoms with Crippen molar-refractivity contribution in [2.45, 2.75) is 42.5 Å². The highest BCUT2D eigenvalue weighted by Gasteiger charge is 2.38. The lowest BCUT2D eigenvalue weighted by atomic mass is 10.2. The molecule has 1 fully saturated rings. The van der Waals surface area contributed by atoms with Crippen molar-refractivity contribution in [1.82, 2.24) is 9.03 Å². The van der Waals surface area contributed by atoms with Gasteiger partial charge in [0.05, 0.1) is 9.79 Å². The summed E-state index contributed by atoms with van der Waals surface area (Å²) in [6.07, 6.45) is 1.42. The molecule has 2 aromatic carbocycles. The number of hydrogen-bond donors (Lipinski definition) is 1. The van der Waals surface area contributed by atoms with E-state index in [9.17, 15) is 26.4 Å². The SMILES string of the molecule is CC(=O)c1ccc(S(=O)(=O)NCCN(C2CC2)S(=O)(=O)c2ccc(C(C)=O)cc2)cc1. The van der Waals surface area contributed by atoms with Gasteiger partial charge in [-0.25, -0.2) is 21.6 Å². The molecule has 166 valence electrons. The van der Waals surface area contributed by atoms with E-state index in [2.05, 4.69) is 4.72 Å². The molecule has 2 aromatic rings. The third kappa shape index (κ3) is 5.45. The van der Waals surface area contributed by atoms with E-state index < -0.39 is 20.0 Å². The van der Waals surface area contributed by atoms with Crippen LogP contribution in [0.5, 0.6) is 0 Å². The predicted molar refractivity (Wildman–Crippen MR) is 115 cm³/mol. The van der Waals surface area contributed by atoms with Crippen molar-refractivity contribution < 1.29 is 26.4 Å². The molecular weight excluding hydrogens is 440 g/mol. The summed E-state index contributed by atoms with van der Waals surface area (Å²) in [5.74, 6) is -0.327. The lowest BCUT2D eigenvalue weighted by Gasteiger charge is -2.22. The zero-order chi connectivity index (χ0) is 22.8. The van der Waals surface area contributed by atoms with Crippen LogP contribution in [-0.2, 0) is 20.0 Å². The van der Waals surface area contributed by atoms with E-state index in [1.165, 1.54) is 66.7 Å². The van der Waals surface area contributed by atoms with Gasteiger partial charge < -0.3 is 0 Å². The average molecular weight is 465 g/mol. The van der Waals surface area contributed by atoms with E-state index in [1.54, 1.807) is 0 Å². The van der Waals surface area contributed by atoms with Crippen LogP contribution in [0.3, 0.4) is 0 Å². The molecule has 0 bridgehead atoms. The smallest absolute Gasteiger partial charge is 0.243 e. The van der Waals surface area contributed by atoms with Crippen molar-refractivity contribution in [3.05, 3.63) is 59.7 Å². The van der Waals surface area contributed by atoms with Crippen LogP contribution < -0.4 is 4.72 Å². The van der Waals surface area contributed by atoms with Crippen LogP contribution in [-0.4, -0.2) is 51.8 Å². The fourth-order valence-corrected chi connectivity index (χ4v) is 5.81. The molecule has 31 heavy (non-hydrogen) atoms. The maximum absolute atomic E-state index is 13.1. The Morgan fingerprint density at radius 1 is 0.839 bits per heavy atom. The summed E-state index contributed by atoms with van der Waals surface area (Å²) >= 11 is 0. The lowest BCUT2D eigenvalue weighted by Crippen LogP contribution is -2.39. The molecule has 0 saturated heterocycles. The first-order chi connectivity index (χ1) is 14.5. The van der Waals surface area contributed by atoms with Gasteiger partial charge in [-0.1, -0.05) is 24.3 Å². The molecule has 8 nitrogen and oxygen atoms in total.